The Kier molecular flexibility index (Phi) is 11.5. The fourth-order valence-corrected chi connectivity index (χ4v) is 1.19. The Morgan fingerprint density at radius 3 is 2.17 bits per heavy atom. The summed E-state index contributed by atoms with van der Waals surface area (Å²) in [4.78, 5) is 10.6. The molecule has 1 unspecified atom stereocenters. The topological polar surface area (TPSA) is 37.3 Å². The summed E-state index contributed by atoms with van der Waals surface area (Å²) in [7, 11) is 0. The van der Waals surface area contributed by atoms with Gasteiger partial charge in [-0.1, -0.05) is 33.1 Å². The number of hydrogen-bond acceptors (Lipinski definition) is 1. The Hall–Kier alpha value is 0.269. The van der Waals surface area contributed by atoms with E-state index in [-0.39, 0.29) is 29.8 Å². The molecule has 3 heteroatoms. The Morgan fingerprint density at radius 2 is 1.83 bits per heavy atom. The minimum atomic E-state index is -0.625. The standard InChI is InChI=1S/C9H18O2.Sn.2H/c1-3-5-7-8(6-4-2)9(10)11;;;/h8H,3-7H2,1-2H3,(H,10,11);;;. The summed E-state index contributed by atoms with van der Waals surface area (Å²) in [5.41, 5.74) is 0. The molecule has 2 radical (unpaired) electrons. The molecule has 1 atom stereocenters. The van der Waals surface area contributed by atoms with Gasteiger partial charge in [-0.3, -0.25) is 4.79 Å². The molecule has 2 nitrogen and oxygen atoms in total. The van der Waals surface area contributed by atoms with Crippen LogP contribution >= 0.6 is 0 Å². The predicted octanol–water partition coefficient (Wildman–Crippen LogP) is 1.76. The van der Waals surface area contributed by atoms with Gasteiger partial charge in [-0.2, -0.15) is 0 Å². The molecule has 0 saturated carbocycles. The monoisotopic (exact) mass is 280 g/mol. The fourth-order valence-electron chi connectivity index (χ4n) is 1.19. The van der Waals surface area contributed by atoms with Gasteiger partial charge in [-0.15, -0.1) is 0 Å². The molecule has 0 amide bonds. The van der Waals surface area contributed by atoms with Crippen LogP contribution in [0.2, 0.25) is 0 Å². The molecule has 0 aliphatic rings. The van der Waals surface area contributed by atoms with E-state index < -0.39 is 5.97 Å². The molecule has 0 aliphatic heterocycles. The van der Waals surface area contributed by atoms with Crippen LogP contribution in [0.15, 0.2) is 0 Å². The van der Waals surface area contributed by atoms with Crippen molar-refractivity contribution < 1.29 is 9.90 Å². The number of aliphatic carboxylic acids is 1. The molecule has 0 fully saturated rings. The number of hydrogen-bond donors (Lipinski definition) is 1. The summed E-state index contributed by atoms with van der Waals surface area (Å²) in [6.45, 7) is 4.12. The molecule has 0 aromatic heterocycles. The molecular weight excluding hydrogens is 259 g/mol. The van der Waals surface area contributed by atoms with E-state index in [1.807, 2.05) is 6.92 Å². The van der Waals surface area contributed by atoms with Gasteiger partial charge in [-0.25, -0.2) is 0 Å². The van der Waals surface area contributed by atoms with Crippen LogP contribution in [0.3, 0.4) is 0 Å². The van der Waals surface area contributed by atoms with Crippen molar-refractivity contribution in [1.82, 2.24) is 0 Å². The molecule has 0 rings (SSSR count). The molecule has 0 saturated heterocycles. The molecule has 0 aromatic rings. The molecule has 0 aromatic carbocycles. The minimum absolute atomic E-state index is 0. The van der Waals surface area contributed by atoms with Gasteiger partial charge in [0.05, 0.1) is 5.92 Å². The zero-order chi connectivity index (χ0) is 8.69. The number of rotatable bonds is 6. The zero-order valence-corrected chi connectivity index (χ0v) is 12.2. The second-order valence-corrected chi connectivity index (χ2v) is 2.97. The van der Waals surface area contributed by atoms with Crippen molar-refractivity contribution in [3.05, 3.63) is 0 Å². The zero-order valence-electron chi connectivity index (χ0n) is 8.18. The summed E-state index contributed by atoms with van der Waals surface area (Å²) in [6.07, 6.45) is 4.78. The van der Waals surface area contributed by atoms with E-state index >= 15 is 0 Å². The van der Waals surface area contributed by atoms with E-state index in [4.69, 9.17) is 5.11 Å². The normalized spacial score (nSPS) is 11.8. The van der Waals surface area contributed by atoms with Crippen molar-refractivity contribution in [1.29, 1.82) is 0 Å². The van der Waals surface area contributed by atoms with Gasteiger partial charge in [0.1, 0.15) is 0 Å². The molecular formula is C9H20O2Sn. The summed E-state index contributed by atoms with van der Waals surface area (Å²) < 4.78 is 0. The maximum atomic E-state index is 10.6. The maximum absolute atomic E-state index is 10.6. The number of carbonyl (C=O) groups is 1. The first kappa shape index (κ1) is 14.8. The van der Waals surface area contributed by atoms with Gasteiger partial charge in [-0.05, 0) is 12.8 Å². The van der Waals surface area contributed by atoms with Gasteiger partial charge in [0.15, 0.2) is 0 Å². The van der Waals surface area contributed by atoms with Gasteiger partial charge in [0, 0.05) is 0 Å². The van der Waals surface area contributed by atoms with Crippen molar-refractivity contribution in [2.45, 2.75) is 46.0 Å². The van der Waals surface area contributed by atoms with Gasteiger partial charge >= 0.3 is 29.9 Å². The van der Waals surface area contributed by atoms with E-state index in [0.717, 1.165) is 32.1 Å². The summed E-state index contributed by atoms with van der Waals surface area (Å²) in [6, 6.07) is 0. The van der Waals surface area contributed by atoms with Crippen molar-refractivity contribution in [3.63, 3.8) is 0 Å². The Balaban J connectivity index is 0. The van der Waals surface area contributed by atoms with Crippen molar-refractivity contribution in [2.75, 3.05) is 0 Å². The molecule has 0 bridgehead atoms. The van der Waals surface area contributed by atoms with Gasteiger partial charge in [0.25, 0.3) is 0 Å². The average molecular weight is 279 g/mol. The number of unbranched alkanes of at least 4 members (excludes halogenated alkanes) is 1. The van der Waals surface area contributed by atoms with Crippen molar-refractivity contribution in [2.24, 2.45) is 5.92 Å². The van der Waals surface area contributed by atoms with Gasteiger partial charge < -0.3 is 5.11 Å². The quantitative estimate of drug-likeness (QED) is 0.752. The molecule has 72 valence electrons. The summed E-state index contributed by atoms with van der Waals surface area (Å²) in [5, 5.41) is 8.73. The molecule has 1 N–H and O–H groups in total. The number of carboxylic acids is 1. The first-order valence-electron chi connectivity index (χ1n) is 4.45. The molecule has 0 heterocycles. The average Bonchev–Trinajstić information content (AvgIpc) is 1.97. The van der Waals surface area contributed by atoms with Crippen LogP contribution < -0.4 is 0 Å². The second-order valence-electron chi connectivity index (χ2n) is 2.97. The van der Waals surface area contributed by atoms with E-state index in [1.54, 1.807) is 0 Å². The first-order chi connectivity index (χ1) is 5.22. The van der Waals surface area contributed by atoms with Crippen LogP contribution in [0.4, 0.5) is 0 Å². The van der Waals surface area contributed by atoms with E-state index in [1.165, 1.54) is 0 Å². The van der Waals surface area contributed by atoms with E-state index in [0.29, 0.717) is 0 Å². The molecule has 12 heavy (non-hydrogen) atoms. The van der Waals surface area contributed by atoms with E-state index in [2.05, 4.69) is 6.92 Å². The van der Waals surface area contributed by atoms with Crippen LogP contribution in [0.5, 0.6) is 0 Å². The SMILES string of the molecule is CCCCC(CCC)C(=O)O.[SnH2]. The second kappa shape index (κ2) is 9.36. The first-order valence-corrected chi connectivity index (χ1v) is 4.45. The van der Waals surface area contributed by atoms with Crippen molar-refractivity contribution in [3.8, 4) is 0 Å². The number of carboxylic acid groups (broad SMARTS) is 1. The van der Waals surface area contributed by atoms with Crippen LogP contribution in [0.25, 0.3) is 0 Å². The fraction of sp³-hybridized carbons (Fsp3) is 0.889. The Bertz CT molecular complexity index is 115. The van der Waals surface area contributed by atoms with E-state index in [9.17, 15) is 4.79 Å². The van der Waals surface area contributed by atoms with Gasteiger partial charge in [0.2, 0.25) is 0 Å². The predicted molar refractivity (Wildman–Crippen MR) is 54.1 cm³/mol. The van der Waals surface area contributed by atoms with Crippen molar-refractivity contribution >= 4 is 29.9 Å². The van der Waals surface area contributed by atoms with Crippen LogP contribution in [-0.2, 0) is 4.79 Å². The van der Waals surface area contributed by atoms with Crippen LogP contribution in [-0.4, -0.2) is 35.0 Å². The third-order valence-electron chi connectivity index (χ3n) is 1.89. The third-order valence-corrected chi connectivity index (χ3v) is 1.89. The third kappa shape index (κ3) is 6.95. The van der Waals surface area contributed by atoms with Crippen LogP contribution in [0.1, 0.15) is 46.0 Å². The summed E-state index contributed by atoms with van der Waals surface area (Å²) in [5.74, 6) is -0.722. The van der Waals surface area contributed by atoms with Crippen LogP contribution in [0, 0.1) is 5.92 Å². The Morgan fingerprint density at radius 1 is 1.25 bits per heavy atom. The summed E-state index contributed by atoms with van der Waals surface area (Å²) >= 11 is 0. The molecule has 0 aliphatic carbocycles. The Labute approximate surface area is 91.7 Å². The molecule has 0 spiro atoms.